The van der Waals surface area contributed by atoms with E-state index < -0.39 is 0 Å². The maximum absolute atomic E-state index is 8.94. The minimum Gasteiger partial charge on any atom is -0.365 e. The van der Waals surface area contributed by atoms with Gasteiger partial charge in [-0.1, -0.05) is 18.2 Å². The number of rotatable bonds is 2. The van der Waals surface area contributed by atoms with Crippen LogP contribution in [0.15, 0.2) is 24.3 Å². The number of hydrogen-bond acceptors (Lipinski definition) is 3. The molecule has 1 aromatic carbocycles. The fraction of sp³-hybridized carbons (Fsp3) is 0.562. The van der Waals surface area contributed by atoms with Gasteiger partial charge in [0.2, 0.25) is 0 Å². The van der Waals surface area contributed by atoms with Gasteiger partial charge in [-0.25, -0.2) is 0 Å². The molecule has 0 bridgehead atoms. The summed E-state index contributed by atoms with van der Waals surface area (Å²) >= 11 is 0. The van der Waals surface area contributed by atoms with Crippen molar-refractivity contribution in [2.75, 3.05) is 18.0 Å². The minimum absolute atomic E-state index is 0.114. The maximum Gasteiger partial charge on any atom is 0.0638 e. The summed E-state index contributed by atoms with van der Waals surface area (Å²) in [5.74, 6) is 0. The van der Waals surface area contributed by atoms with Crippen LogP contribution in [0.1, 0.15) is 32.3 Å². The molecule has 0 saturated carbocycles. The minimum atomic E-state index is 0.114. The van der Waals surface area contributed by atoms with Gasteiger partial charge in [0.05, 0.1) is 12.5 Å². The van der Waals surface area contributed by atoms with Gasteiger partial charge in [0, 0.05) is 23.8 Å². The van der Waals surface area contributed by atoms with Crippen molar-refractivity contribution in [3.05, 3.63) is 29.8 Å². The summed E-state index contributed by atoms with van der Waals surface area (Å²) in [6, 6.07) is 11.1. The summed E-state index contributed by atoms with van der Waals surface area (Å²) < 4.78 is 0. The number of hydrogen-bond donors (Lipinski definition) is 1. The second kappa shape index (κ2) is 5.63. The Morgan fingerprint density at radius 1 is 1.42 bits per heavy atom. The average molecular weight is 257 g/mol. The highest BCUT2D eigenvalue weighted by molar-refractivity contribution is 5.55. The average Bonchev–Trinajstić information content (AvgIpc) is 2.50. The molecule has 0 radical (unpaired) electrons. The van der Waals surface area contributed by atoms with Gasteiger partial charge in [-0.3, -0.25) is 0 Å². The lowest BCUT2D eigenvalue weighted by atomic mass is 9.96. The van der Waals surface area contributed by atoms with E-state index in [9.17, 15) is 0 Å². The SMILES string of the molecule is Cc1ccccc1N1CC(CC#N)NCCC1(C)C. The van der Waals surface area contributed by atoms with Gasteiger partial charge < -0.3 is 10.2 Å². The third-order valence-electron chi connectivity index (χ3n) is 4.05. The maximum atomic E-state index is 8.94. The zero-order chi connectivity index (χ0) is 13.9. The predicted octanol–water partition coefficient (Wildman–Crippen LogP) is 2.86. The largest absolute Gasteiger partial charge is 0.365 e. The predicted molar refractivity (Wildman–Crippen MR) is 79.2 cm³/mol. The molecule has 1 N–H and O–H groups in total. The first kappa shape index (κ1) is 13.9. The molecule has 3 nitrogen and oxygen atoms in total. The Morgan fingerprint density at radius 3 is 2.84 bits per heavy atom. The van der Waals surface area contributed by atoms with Gasteiger partial charge in [-0.15, -0.1) is 0 Å². The van der Waals surface area contributed by atoms with Crippen LogP contribution in [0.4, 0.5) is 5.69 Å². The fourth-order valence-electron chi connectivity index (χ4n) is 2.79. The van der Waals surface area contributed by atoms with Crippen molar-refractivity contribution in [1.29, 1.82) is 5.26 Å². The first-order chi connectivity index (χ1) is 9.04. The highest BCUT2D eigenvalue weighted by atomic mass is 15.2. The van der Waals surface area contributed by atoms with Crippen molar-refractivity contribution in [1.82, 2.24) is 5.32 Å². The lowest BCUT2D eigenvalue weighted by Gasteiger charge is -2.40. The molecule has 1 aliphatic heterocycles. The third-order valence-corrected chi connectivity index (χ3v) is 4.05. The molecular weight excluding hydrogens is 234 g/mol. The molecule has 2 rings (SSSR count). The number of aryl methyl sites for hydroxylation is 1. The van der Waals surface area contributed by atoms with Crippen LogP contribution in [0.25, 0.3) is 0 Å². The van der Waals surface area contributed by atoms with Crippen LogP contribution < -0.4 is 10.2 Å². The molecule has 1 saturated heterocycles. The van der Waals surface area contributed by atoms with Gasteiger partial charge in [-0.05, 0) is 45.4 Å². The van der Waals surface area contributed by atoms with E-state index in [4.69, 9.17) is 5.26 Å². The summed E-state index contributed by atoms with van der Waals surface area (Å²) in [7, 11) is 0. The van der Waals surface area contributed by atoms with Crippen LogP contribution in [-0.4, -0.2) is 24.7 Å². The van der Waals surface area contributed by atoms with E-state index in [-0.39, 0.29) is 11.6 Å². The standard InChI is InChI=1S/C16H23N3/c1-13-6-4-5-7-15(13)19-12-14(8-10-17)18-11-9-16(19,2)3/h4-7,14,18H,8-9,11-12H2,1-3H3. The molecule has 0 spiro atoms. The van der Waals surface area contributed by atoms with Crippen molar-refractivity contribution in [3.63, 3.8) is 0 Å². The third kappa shape index (κ3) is 3.08. The fourth-order valence-corrected chi connectivity index (χ4v) is 2.79. The van der Waals surface area contributed by atoms with Gasteiger partial charge in [0.15, 0.2) is 0 Å². The number of anilines is 1. The van der Waals surface area contributed by atoms with Crippen LogP contribution in [0.2, 0.25) is 0 Å². The Bertz CT molecular complexity index is 473. The smallest absolute Gasteiger partial charge is 0.0638 e. The summed E-state index contributed by atoms with van der Waals surface area (Å²) in [6.07, 6.45) is 1.65. The molecule has 19 heavy (non-hydrogen) atoms. The number of nitriles is 1. The van der Waals surface area contributed by atoms with E-state index in [0.717, 1.165) is 19.5 Å². The first-order valence-corrected chi connectivity index (χ1v) is 6.98. The molecule has 1 fully saturated rings. The molecule has 1 aliphatic rings. The van der Waals surface area contributed by atoms with E-state index in [1.165, 1.54) is 11.3 Å². The molecule has 1 aromatic rings. The van der Waals surface area contributed by atoms with Crippen LogP contribution >= 0.6 is 0 Å². The molecule has 102 valence electrons. The zero-order valence-corrected chi connectivity index (χ0v) is 12.1. The van der Waals surface area contributed by atoms with Crippen molar-refractivity contribution >= 4 is 5.69 Å². The van der Waals surface area contributed by atoms with Crippen LogP contribution in [0.5, 0.6) is 0 Å². The Morgan fingerprint density at radius 2 is 2.16 bits per heavy atom. The highest BCUT2D eigenvalue weighted by Gasteiger charge is 2.32. The molecule has 0 aromatic heterocycles. The van der Waals surface area contributed by atoms with Crippen LogP contribution in [0, 0.1) is 18.3 Å². The summed E-state index contributed by atoms with van der Waals surface area (Å²) in [4.78, 5) is 2.46. The van der Waals surface area contributed by atoms with Crippen molar-refractivity contribution in [3.8, 4) is 6.07 Å². The lowest BCUT2D eigenvalue weighted by Crippen LogP contribution is -2.47. The quantitative estimate of drug-likeness (QED) is 0.885. The molecular formula is C16H23N3. The summed E-state index contributed by atoms with van der Waals surface area (Å²) in [5.41, 5.74) is 2.70. The number of nitrogens with one attached hydrogen (secondary N) is 1. The number of benzene rings is 1. The lowest BCUT2D eigenvalue weighted by molar-refractivity contribution is 0.452. The van der Waals surface area contributed by atoms with Gasteiger partial charge in [0.1, 0.15) is 0 Å². The summed E-state index contributed by atoms with van der Waals surface area (Å²) in [6.45, 7) is 8.60. The van der Waals surface area contributed by atoms with E-state index in [2.05, 4.69) is 61.3 Å². The molecule has 3 heteroatoms. The summed E-state index contributed by atoms with van der Waals surface area (Å²) in [5, 5.41) is 12.4. The van der Waals surface area contributed by atoms with E-state index in [1.807, 2.05) is 0 Å². The Labute approximate surface area is 116 Å². The molecule has 0 aliphatic carbocycles. The molecule has 1 atom stereocenters. The van der Waals surface area contributed by atoms with Gasteiger partial charge >= 0.3 is 0 Å². The van der Waals surface area contributed by atoms with E-state index in [0.29, 0.717) is 6.42 Å². The number of para-hydroxylation sites is 1. The first-order valence-electron chi connectivity index (χ1n) is 6.98. The van der Waals surface area contributed by atoms with E-state index >= 15 is 0 Å². The van der Waals surface area contributed by atoms with Gasteiger partial charge in [0.25, 0.3) is 0 Å². The molecule has 0 amide bonds. The molecule has 1 unspecified atom stereocenters. The Balaban J connectivity index is 2.32. The van der Waals surface area contributed by atoms with E-state index in [1.54, 1.807) is 0 Å². The second-order valence-corrected chi connectivity index (χ2v) is 5.97. The Kier molecular flexibility index (Phi) is 4.11. The molecule has 1 heterocycles. The van der Waals surface area contributed by atoms with Crippen LogP contribution in [-0.2, 0) is 0 Å². The Hall–Kier alpha value is -1.53. The monoisotopic (exact) mass is 257 g/mol. The van der Waals surface area contributed by atoms with Crippen molar-refractivity contribution in [2.45, 2.75) is 45.2 Å². The highest BCUT2D eigenvalue weighted by Crippen LogP contribution is 2.31. The normalized spacial score (nSPS) is 22.6. The van der Waals surface area contributed by atoms with Crippen molar-refractivity contribution < 1.29 is 0 Å². The van der Waals surface area contributed by atoms with Gasteiger partial charge in [-0.2, -0.15) is 5.26 Å². The van der Waals surface area contributed by atoms with Crippen molar-refractivity contribution in [2.24, 2.45) is 0 Å². The number of nitrogens with zero attached hydrogens (tertiary/aromatic N) is 2. The van der Waals surface area contributed by atoms with Crippen LogP contribution in [0.3, 0.4) is 0 Å². The second-order valence-electron chi connectivity index (χ2n) is 5.97. The zero-order valence-electron chi connectivity index (χ0n) is 12.1. The topological polar surface area (TPSA) is 39.1 Å².